The normalized spacial score (nSPS) is 18.1. The molecule has 1 aliphatic rings. The molecule has 0 spiro atoms. The molecule has 1 saturated heterocycles. The lowest BCUT2D eigenvalue weighted by Crippen LogP contribution is -2.30. The Morgan fingerprint density at radius 3 is 2.27 bits per heavy atom. The van der Waals surface area contributed by atoms with Gasteiger partial charge in [-0.2, -0.15) is 0 Å². The highest BCUT2D eigenvalue weighted by Crippen LogP contribution is 2.11. The van der Waals surface area contributed by atoms with E-state index >= 15 is 0 Å². The Morgan fingerprint density at radius 1 is 1.27 bits per heavy atom. The van der Waals surface area contributed by atoms with Crippen LogP contribution in [0.15, 0.2) is 0 Å². The molecule has 1 heterocycles. The highest BCUT2D eigenvalue weighted by atomic mass is 16.3. The van der Waals surface area contributed by atoms with Crippen molar-refractivity contribution in [1.82, 2.24) is 4.90 Å². The minimum Gasteiger partial charge on any atom is -0.396 e. The SMILES string of the molecule is O=C1CCC(=O)N1CCCO. The second-order valence-corrected chi connectivity index (χ2v) is 2.52. The molecule has 0 aromatic heterocycles. The van der Waals surface area contributed by atoms with Crippen molar-refractivity contribution in [3.63, 3.8) is 0 Å². The second-order valence-electron chi connectivity index (χ2n) is 2.52. The Labute approximate surface area is 64.8 Å². The summed E-state index contributed by atoms with van der Waals surface area (Å²) >= 11 is 0. The van der Waals surface area contributed by atoms with Crippen molar-refractivity contribution in [1.29, 1.82) is 0 Å². The molecular formula is C7H11NO3. The van der Waals surface area contributed by atoms with Gasteiger partial charge in [-0.1, -0.05) is 0 Å². The molecule has 0 aliphatic carbocycles. The molecule has 0 aromatic carbocycles. The van der Waals surface area contributed by atoms with E-state index in [1.807, 2.05) is 0 Å². The fourth-order valence-corrected chi connectivity index (χ4v) is 1.10. The van der Waals surface area contributed by atoms with Crippen LogP contribution >= 0.6 is 0 Å². The summed E-state index contributed by atoms with van der Waals surface area (Å²) in [5.41, 5.74) is 0. The molecule has 4 nitrogen and oxygen atoms in total. The van der Waals surface area contributed by atoms with Crippen LogP contribution in [0.1, 0.15) is 19.3 Å². The van der Waals surface area contributed by atoms with Crippen molar-refractivity contribution in [3.8, 4) is 0 Å². The fraction of sp³-hybridized carbons (Fsp3) is 0.714. The van der Waals surface area contributed by atoms with E-state index in [1.54, 1.807) is 0 Å². The summed E-state index contributed by atoms with van der Waals surface area (Å²) in [6, 6.07) is 0. The highest BCUT2D eigenvalue weighted by molar-refractivity contribution is 6.01. The molecule has 0 saturated carbocycles. The Hall–Kier alpha value is -0.900. The third kappa shape index (κ3) is 1.77. The maximum absolute atomic E-state index is 10.9. The van der Waals surface area contributed by atoms with Crippen molar-refractivity contribution < 1.29 is 14.7 Å². The van der Waals surface area contributed by atoms with Gasteiger partial charge in [-0.05, 0) is 6.42 Å². The summed E-state index contributed by atoms with van der Waals surface area (Å²) in [5.74, 6) is -0.216. The molecule has 0 atom stereocenters. The van der Waals surface area contributed by atoms with Crippen LogP contribution in [0.25, 0.3) is 0 Å². The minimum absolute atomic E-state index is 0.0249. The number of imide groups is 1. The summed E-state index contributed by atoms with van der Waals surface area (Å²) in [5, 5.41) is 8.45. The van der Waals surface area contributed by atoms with Gasteiger partial charge in [0.05, 0.1) is 0 Å². The summed E-state index contributed by atoms with van der Waals surface area (Å²) in [6.07, 6.45) is 1.16. The number of hydrogen-bond donors (Lipinski definition) is 1. The van der Waals surface area contributed by atoms with Gasteiger partial charge in [0.1, 0.15) is 0 Å². The summed E-state index contributed by atoms with van der Waals surface area (Å²) < 4.78 is 0. The van der Waals surface area contributed by atoms with Gasteiger partial charge >= 0.3 is 0 Å². The third-order valence-corrected chi connectivity index (χ3v) is 1.69. The van der Waals surface area contributed by atoms with E-state index in [4.69, 9.17) is 5.11 Å². The zero-order valence-electron chi connectivity index (χ0n) is 6.25. The first-order valence-corrected chi connectivity index (χ1v) is 3.70. The Balaban J connectivity index is 2.41. The summed E-state index contributed by atoms with van der Waals surface area (Å²) in [7, 11) is 0. The average Bonchev–Trinajstić information content (AvgIpc) is 2.29. The lowest BCUT2D eigenvalue weighted by atomic mass is 10.4. The van der Waals surface area contributed by atoms with Gasteiger partial charge in [0.25, 0.3) is 0 Å². The standard InChI is InChI=1S/C7H11NO3/c9-5-1-4-8-6(10)2-3-7(8)11/h9H,1-5H2. The molecule has 0 unspecified atom stereocenters. The van der Waals surface area contributed by atoms with Gasteiger partial charge in [-0.15, -0.1) is 0 Å². The predicted octanol–water partition coefficient (Wildman–Crippen LogP) is -0.482. The van der Waals surface area contributed by atoms with Gasteiger partial charge < -0.3 is 5.11 Å². The summed E-state index contributed by atoms with van der Waals surface area (Å²) in [6.45, 7) is 0.394. The van der Waals surface area contributed by atoms with E-state index in [-0.39, 0.29) is 18.4 Å². The van der Waals surface area contributed by atoms with E-state index in [1.165, 1.54) is 4.90 Å². The fourth-order valence-electron chi connectivity index (χ4n) is 1.10. The van der Waals surface area contributed by atoms with Crippen molar-refractivity contribution in [3.05, 3.63) is 0 Å². The molecule has 4 heteroatoms. The second kappa shape index (κ2) is 3.48. The Morgan fingerprint density at radius 2 is 1.82 bits per heavy atom. The predicted molar refractivity (Wildman–Crippen MR) is 37.7 cm³/mol. The first-order chi connectivity index (χ1) is 5.25. The maximum atomic E-state index is 10.9. The highest BCUT2D eigenvalue weighted by Gasteiger charge is 2.27. The quantitative estimate of drug-likeness (QED) is 0.563. The van der Waals surface area contributed by atoms with Crippen molar-refractivity contribution in [2.75, 3.05) is 13.2 Å². The van der Waals surface area contributed by atoms with Gasteiger partial charge in [0.15, 0.2) is 0 Å². The van der Waals surface area contributed by atoms with Crippen LogP contribution in [0.2, 0.25) is 0 Å². The van der Waals surface area contributed by atoms with E-state index in [0.29, 0.717) is 25.8 Å². The number of hydrogen-bond acceptors (Lipinski definition) is 3. The van der Waals surface area contributed by atoms with Crippen LogP contribution in [0.4, 0.5) is 0 Å². The first kappa shape index (κ1) is 8.20. The third-order valence-electron chi connectivity index (χ3n) is 1.69. The molecule has 1 rings (SSSR count). The lowest BCUT2D eigenvalue weighted by molar-refractivity contribution is -0.138. The smallest absolute Gasteiger partial charge is 0.229 e. The van der Waals surface area contributed by atoms with Crippen LogP contribution in [0, 0.1) is 0 Å². The van der Waals surface area contributed by atoms with Gasteiger partial charge in [0.2, 0.25) is 11.8 Å². The molecule has 0 bridgehead atoms. The zero-order chi connectivity index (χ0) is 8.27. The largest absolute Gasteiger partial charge is 0.396 e. The van der Waals surface area contributed by atoms with Crippen molar-refractivity contribution in [2.45, 2.75) is 19.3 Å². The van der Waals surface area contributed by atoms with Crippen LogP contribution < -0.4 is 0 Å². The number of rotatable bonds is 3. The van der Waals surface area contributed by atoms with E-state index in [9.17, 15) is 9.59 Å². The number of carbonyl (C=O) groups is 2. The molecule has 11 heavy (non-hydrogen) atoms. The number of carbonyl (C=O) groups excluding carboxylic acids is 2. The number of aliphatic hydroxyl groups is 1. The van der Waals surface area contributed by atoms with Crippen molar-refractivity contribution >= 4 is 11.8 Å². The maximum Gasteiger partial charge on any atom is 0.229 e. The van der Waals surface area contributed by atoms with Crippen molar-refractivity contribution in [2.24, 2.45) is 0 Å². The molecule has 0 aromatic rings. The number of likely N-dealkylation sites (tertiary alicyclic amines) is 1. The molecule has 1 aliphatic heterocycles. The molecular weight excluding hydrogens is 146 g/mol. The number of amides is 2. The van der Waals surface area contributed by atoms with E-state index < -0.39 is 0 Å². The molecule has 1 N–H and O–H groups in total. The van der Waals surface area contributed by atoms with Gasteiger partial charge in [0, 0.05) is 26.0 Å². The molecule has 2 amide bonds. The van der Waals surface area contributed by atoms with E-state index in [0.717, 1.165) is 0 Å². The number of nitrogens with zero attached hydrogens (tertiary/aromatic N) is 1. The number of aliphatic hydroxyl groups excluding tert-OH is 1. The molecule has 1 fully saturated rings. The summed E-state index contributed by atoms with van der Waals surface area (Å²) in [4.78, 5) is 23.0. The monoisotopic (exact) mass is 157 g/mol. The van der Waals surface area contributed by atoms with Gasteiger partial charge in [-0.3, -0.25) is 14.5 Å². The topological polar surface area (TPSA) is 57.6 Å². The van der Waals surface area contributed by atoms with E-state index in [2.05, 4.69) is 0 Å². The molecule has 62 valence electrons. The average molecular weight is 157 g/mol. The zero-order valence-corrected chi connectivity index (χ0v) is 6.25. The van der Waals surface area contributed by atoms with Crippen LogP contribution in [0.3, 0.4) is 0 Å². The van der Waals surface area contributed by atoms with Crippen LogP contribution in [0.5, 0.6) is 0 Å². The minimum atomic E-state index is -0.108. The first-order valence-electron chi connectivity index (χ1n) is 3.70. The Kier molecular flexibility index (Phi) is 2.59. The van der Waals surface area contributed by atoms with Crippen LogP contribution in [-0.2, 0) is 9.59 Å². The Bertz CT molecular complexity index is 163. The van der Waals surface area contributed by atoms with Gasteiger partial charge in [-0.25, -0.2) is 0 Å². The molecule has 0 radical (unpaired) electrons. The van der Waals surface area contributed by atoms with Crippen LogP contribution in [-0.4, -0.2) is 35.0 Å². The lowest BCUT2D eigenvalue weighted by Gasteiger charge is -2.11.